The Hall–Kier alpha value is -6.22. The number of rotatable bonds is 4. The summed E-state index contributed by atoms with van der Waals surface area (Å²) in [5.41, 5.74) is 22.3. The predicted molar refractivity (Wildman–Crippen MR) is 252 cm³/mol. The van der Waals surface area contributed by atoms with Crippen LogP contribution in [0.1, 0.15) is 74.9 Å². The molecule has 9 aromatic rings. The second-order valence-corrected chi connectivity index (χ2v) is 19.6. The van der Waals surface area contributed by atoms with Crippen molar-refractivity contribution in [3.8, 4) is 44.5 Å². The lowest BCUT2D eigenvalue weighted by Gasteiger charge is -2.29. The molecule has 12 rings (SSSR count). The maximum atomic E-state index is 2.53. The molecule has 0 saturated heterocycles. The summed E-state index contributed by atoms with van der Waals surface area (Å²) in [4.78, 5) is 2.49. The highest BCUT2D eigenvalue weighted by molar-refractivity contribution is 7.26. The fourth-order valence-corrected chi connectivity index (χ4v) is 12.4. The van der Waals surface area contributed by atoms with Gasteiger partial charge in [-0.2, -0.15) is 0 Å². The minimum Gasteiger partial charge on any atom is -0.310 e. The summed E-state index contributed by atoms with van der Waals surface area (Å²) in [5, 5.41) is 2.66. The van der Waals surface area contributed by atoms with E-state index in [0.717, 1.165) is 5.69 Å². The lowest BCUT2D eigenvalue weighted by Crippen LogP contribution is -2.17. The van der Waals surface area contributed by atoms with E-state index in [1.54, 1.807) is 0 Å². The summed E-state index contributed by atoms with van der Waals surface area (Å²) in [6.45, 7) is 14.3. The van der Waals surface area contributed by atoms with E-state index < -0.39 is 0 Å². The molecule has 59 heavy (non-hydrogen) atoms. The van der Waals surface area contributed by atoms with Gasteiger partial charge in [0.1, 0.15) is 0 Å². The molecule has 0 unspecified atom stereocenters. The van der Waals surface area contributed by atoms with Crippen LogP contribution in [0.15, 0.2) is 164 Å². The Morgan fingerprint density at radius 1 is 0.339 bits per heavy atom. The van der Waals surface area contributed by atoms with E-state index in [9.17, 15) is 0 Å². The zero-order valence-corrected chi connectivity index (χ0v) is 35.3. The number of hydrogen-bond acceptors (Lipinski definition) is 2. The fourth-order valence-electron chi connectivity index (χ4n) is 11.1. The Kier molecular flexibility index (Phi) is 7.04. The minimum atomic E-state index is -0.122. The SMILES string of the molecule is CC1(C)c2ccccc2-c2ccc(N(c3ccc(-c4cccc5c4sc4ccccc45)cc3)c3ccc4c(c3)-c3cc5c(cc3C4(C)C)-c3ccccc3C5(C)C)cc21. The summed E-state index contributed by atoms with van der Waals surface area (Å²) < 4.78 is 2.68. The molecule has 0 N–H and O–H groups in total. The Labute approximate surface area is 351 Å². The van der Waals surface area contributed by atoms with E-state index in [1.807, 2.05) is 11.3 Å². The third kappa shape index (κ3) is 4.73. The van der Waals surface area contributed by atoms with Gasteiger partial charge in [0.05, 0.1) is 0 Å². The Morgan fingerprint density at radius 3 is 1.53 bits per heavy atom. The zero-order valence-electron chi connectivity index (χ0n) is 34.4. The maximum Gasteiger partial charge on any atom is 0.0468 e. The largest absolute Gasteiger partial charge is 0.310 e. The molecule has 284 valence electrons. The molecular weight excluding hydrogens is 731 g/mol. The van der Waals surface area contributed by atoms with Gasteiger partial charge in [-0.25, -0.2) is 0 Å². The van der Waals surface area contributed by atoms with Gasteiger partial charge in [-0.05, 0) is 132 Å². The molecule has 1 nitrogen and oxygen atoms in total. The van der Waals surface area contributed by atoms with E-state index in [0.29, 0.717) is 0 Å². The number of benzene rings is 8. The first-order chi connectivity index (χ1) is 28.5. The fraction of sp³-hybridized carbons (Fsp3) is 0.158. The lowest BCUT2D eigenvalue weighted by atomic mass is 9.79. The summed E-state index contributed by atoms with van der Waals surface area (Å²) in [5.74, 6) is 0. The number of anilines is 3. The van der Waals surface area contributed by atoms with Gasteiger partial charge in [-0.1, -0.05) is 151 Å². The molecule has 2 heteroatoms. The first-order valence-electron chi connectivity index (χ1n) is 21.0. The van der Waals surface area contributed by atoms with Crippen LogP contribution in [0.25, 0.3) is 64.7 Å². The molecule has 0 amide bonds. The van der Waals surface area contributed by atoms with Crippen LogP contribution in [0, 0.1) is 0 Å². The van der Waals surface area contributed by atoms with Gasteiger partial charge in [-0.15, -0.1) is 11.3 Å². The van der Waals surface area contributed by atoms with Crippen molar-refractivity contribution in [2.45, 2.75) is 57.8 Å². The first-order valence-corrected chi connectivity index (χ1v) is 21.8. The normalized spacial score (nSPS) is 15.7. The highest BCUT2D eigenvalue weighted by atomic mass is 32.1. The van der Waals surface area contributed by atoms with Crippen LogP contribution in [-0.4, -0.2) is 0 Å². The van der Waals surface area contributed by atoms with Crippen LogP contribution in [0.4, 0.5) is 17.1 Å². The molecule has 3 aliphatic rings. The Morgan fingerprint density at radius 2 is 0.814 bits per heavy atom. The minimum absolute atomic E-state index is 0.0613. The molecule has 1 heterocycles. The van der Waals surface area contributed by atoms with Crippen LogP contribution in [-0.2, 0) is 16.2 Å². The molecule has 0 saturated carbocycles. The molecule has 0 spiro atoms. The summed E-state index contributed by atoms with van der Waals surface area (Å²) in [7, 11) is 0. The number of hydrogen-bond donors (Lipinski definition) is 0. The van der Waals surface area contributed by atoms with E-state index in [4.69, 9.17) is 0 Å². The molecule has 8 aromatic carbocycles. The van der Waals surface area contributed by atoms with E-state index in [1.165, 1.54) is 109 Å². The van der Waals surface area contributed by atoms with Gasteiger partial charge < -0.3 is 4.90 Å². The van der Waals surface area contributed by atoms with Crippen molar-refractivity contribution in [2.24, 2.45) is 0 Å². The smallest absolute Gasteiger partial charge is 0.0468 e. The van der Waals surface area contributed by atoms with Gasteiger partial charge in [0.15, 0.2) is 0 Å². The van der Waals surface area contributed by atoms with Gasteiger partial charge in [0.25, 0.3) is 0 Å². The van der Waals surface area contributed by atoms with Crippen LogP contribution >= 0.6 is 11.3 Å². The first kappa shape index (κ1) is 34.8. The zero-order chi connectivity index (χ0) is 40.0. The average molecular weight is 776 g/mol. The number of fused-ring (bicyclic) bond motifs is 12. The molecule has 0 aliphatic heterocycles. The van der Waals surface area contributed by atoms with Crippen molar-refractivity contribution >= 4 is 48.6 Å². The molecule has 0 radical (unpaired) electrons. The molecule has 0 atom stereocenters. The van der Waals surface area contributed by atoms with E-state index in [-0.39, 0.29) is 16.2 Å². The van der Waals surface area contributed by atoms with Crippen LogP contribution in [0.5, 0.6) is 0 Å². The van der Waals surface area contributed by atoms with Crippen molar-refractivity contribution in [2.75, 3.05) is 4.90 Å². The Balaban J connectivity index is 1.03. The van der Waals surface area contributed by atoms with Crippen molar-refractivity contribution in [1.29, 1.82) is 0 Å². The molecule has 1 aromatic heterocycles. The van der Waals surface area contributed by atoms with Crippen LogP contribution in [0.2, 0.25) is 0 Å². The molecule has 3 aliphatic carbocycles. The number of nitrogens with zero attached hydrogens (tertiary/aromatic N) is 1. The highest BCUT2D eigenvalue weighted by Gasteiger charge is 2.42. The number of thiophene rings is 1. The molecule has 0 bridgehead atoms. The highest BCUT2D eigenvalue weighted by Crippen LogP contribution is 2.57. The standard InChI is InChI=1S/C57H45NS/c1-55(2)47-19-10-7-14-39(47)41-28-26-37(31-50(41)55)58(35-24-22-34(23-25-35)38-17-13-18-43-42-16-9-12-21-53(42)59-54(38)43)36-27-29-49-44(30-36)46-33-51-45(32-52(46)57(49,5)6)40-15-8-11-20-48(40)56(51,3)4/h7-33H,1-6H3. The Bertz CT molecular complexity index is 3240. The lowest BCUT2D eigenvalue weighted by molar-refractivity contribution is 0.652. The van der Waals surface area contributed by atoms with Gasteiger partial charge >= 0.3 is 0 Å². The van der Waals surface area contributed by atoms with Crippen molar-refractivity contribution in [3.63, 3.8) is 0 Å². The van der Waals surface area contributed by atoms with Crippen LogP contribution in [0.3, 0.4) is 0 Å². The maximum absolute atomic E-state index is 2.53. The monoisotopic (exact) mass is 775 g/mol. The summed E-state index contributed by atoms with van der Waals surface area (Å²) >= 11 is 1.89. The van der Waals surface area contributed by atoms with Gasteiger partial charge in [-0.3, -0.25) is 0 Å². The van der Waals surface area contributed by atoms with Crippen molar-refractivity contribution < 1.29 is 0 Å². The quantitative estimate of drug-likeness (QED) is 0.172. The van der Waals surface area contributed by atoms with Gasteiger partial charge in [0, 0.05) is 53.5 Å². The summed E-state index contributed by atoms with van der Waals surface area (Å²) in [6, 6.07) is 62.2. The molecule has 0 fully saturated rings. The molecular formula is C57H45NS. The van der Waals surface area contributed by atoms with Gasteiger partial charge in [0.2, 0.25) is 0 Å². The van der Waals surface area contributed by atoms with Crippen LogP contribution < -0.4 is 4.90 Å². The average Bonchev–Trinajstić information content (AvgIpc) is 3.89. The van der Waals surface area contributed by atoms with E-state index >= 15 is 0 Å². The van der Waals surface area contributed by atoms with E-state index in [2.05, 4.69) is 210 Å². The second kappa shape index (κ2) is 11.9. The topological polar surface area (TPSA) is 3.24 Å². The second-order valence-electron chi connectivity index (χ2n) is 18.5. The summed E-state index contributed by atoms with van der Waals surface area (Å²) in [6.07, 6.45) is 0. The van der Waals surface area contributed by atoms with Crippen molar-refractivity contribution in [3.05, 3.63) is 197 Å². The third-order valence-corrected chi connectivity index (χ3v) is 15.5. The predicted octanol–water partition coefficient (Wildman–Crippen LogP) is 16.1. The third-order valence-electron chi connectivity index (χ3n) is 14.3. The van der Waals surface area contributed by atoms with Crippen molar-refractivity contribution in [1.82, 2.24) is 0 Å².